The largest absolute Gasteiger partial charge is 0.444 e. The average Bonchev–Trinajstić information content (AvgIpc) is 2.64. The van der Waals surface area contributed by atoms with Crippen molar-refractivity contribution in [3.63, 3.8) is 0 Å². The van der Waals surface area contributed by atoms with E-state index < -0.39 is 29.0 Å². The maximum absolute atomic E-state index is 12.9. The summed E-state index contributed by atoms with van der Waals surface area (Å²) in [6.45, 7) is 17.0. The molecule has 0 bridgehead atoms. The topological polar surface area (TPSA) is 98.3 Å². The standard InChI is InChI=1S/C25H39N3O6/c1-23(2,3)32-20(29)27-14-11-17(12-15-27)18-10-13-26-19(16-18)28(21(30)33-24(4,5)6)22(31)34-25(7,8)9/h10,13,16-17H,11-12,14-15H2,1-9H3. The van der Waals surface area contributed by atoms with Crippen LogP contribution in [0, 0.1) is 0 Å². The highest BCUT2D eigenvalue weighted by molar-refractivity contribution is 6.08. The molecule has 2 heterocycles. The van der Waals surface area contributed by atoms with Gasteiger partial charge < -0.3 is 19.1 Å². The highest BCUT2D eigenvalue weighted by atomic mass is 16.6. The van der Waals surface area contributed by atoms with Gasteiger partial charge in [-0.25, -0.2) is 19.4 Å². The van der Waals surface area contributed by atoms with Gasteiger partial charge in [-0.05, 0) is 98.8 Å². The Morgan fingerprint density at radius 1 is 0.853 bits per heavy atom. The van der Waals surface area contributed by atoms with Gasteiger partial charge in [0.05, 0.1) is 0 Å². The number of carbonyl (C=O) groups excluding carboxylic acids is 3. The molecule has 190 valence electrons. The highest BCUT2D eigenvalue weighted by Crippen LogP contribution is 2.31. The molecule has 0 aliphatic carbocycles. The maximum Gasteiger partial charge on any atom is 0.425 e. The predicted molar refractivity (Wildman–Crippen MR) is 129 cm³/mol. The van der Waals surface area contributed by atoms with Crippen LogP contribution in [0.25, 0.3) is 0 Å². The molecule has 1 fully saturated rings. The lowest BCUT2D eigenvalue weighted by molar-refractivity contribution is 0.0203. The van der Waals surface area contributed by atoms with Crippen molar-refractivity contribution in [3.8, 4) is 0 Å². The number of anilines is 1. The third-order valence-electron chi connectivity index (χ3n) is 4.77. The van der Waals surface area contributed by atoms with Gasteiger partial charge in [0.2, 0.25) is 0 Å². The number of imide groups is 1. The number of likely N-dealkylation sites (tertiary alicyclic amines) is 1. The molecular formula is C25H39N3O6. The smallest absolute Gasteiger partial charge is 0.425 e. The van der Waals surface area contributed by atoms with Gasteiger partial charge in [0.1, 0.15) is 22.6 Å². The maximum atomic E-state index is 12.9. The molecule has 0 unspecified atom stereocenters. The summed E-state index contributed by atoms with van der Waals surface area (Å²) < 4.78 is 16.4. The van der Waals surface area contributed by atoms with E-state index in [2.05, 4.69) is 4.98 Å². The number of hydrogen-bond donors (Lipinski definition) is 0. The van der Waals surface area contributed by atoms with Gasteiger partial charge >= 0.3 is 18.3 Å². The molecule has 1 aliphatic rings. The van der Waals surface area contributed by atoms with Gasteiger partial charge in [-0.3, -0.25) is 0 Å². The van der Waals surface area contributed by atoms with Crippen molar-refractivity contribution in [1.29, 1.82) is 0 Å². The minimum Gasteiger partial charge on any atom is -0.444 e. The zero-order chi connectivity index (χ0) is 25.9. The van der Waals surface area contributed by atoms with Crippen molar-refractivity contribution < 1.29 is 28.6 Å². The van der Waals surface area contributed by atoms with Crippen LogP contribution in [0.2, 0.25) is 0 Å². The quantitative estimate of drug-likeness (QED) is 0.491. The van der Waals surface area contributed by atoms with Crippen LogP contribution in [0.5, 0.6) is 0 Å². The zero-order valence-corrected chi connectivity index (χ0v) is 21.9. The van der Waals surface area contributed by atoms with E-state index in [1.165, 1.54) is 0 Å². The van der Waals surface area contributed by atoms with E-state index in [0.29, 0.717) is 13.1 Å². The first-order chi connectivity index (χ1) is 15.5. The Labute approximate surface area is 202 Å². The molecule has 0 aromatic carbocycles. The molecule has 1 saturated heterocycles. The molecule has 0 N–H and O–H groups in total. The monoisotopic (exact) mass is 477 g/mol. The first kappa shape index (κ1) is 27.4. The van der Waals surface area contributed by atoms with Crippen LogP contribution in [0.3, 0.4) is 0 Å². The Kier molecular flexibility index (Phi) is 8.22. The lowest BCUT2D eigenvalue weighted by atomic mass is 9.90. The molecule has 34 heavy (non-hydrogen) atoms. The zero-order valence-electron chi connectivity index (χ0n) is 21.9. The van der Waals surface area contributed by atoms with Crippen LogP contribution in [0.4, 0.5) is 20.2 Å². The van der Waals surface area contributed by atoms with Gasteiger partial charge in [0.15, 0.2) is 0 Å². The van der Waals surface area contributed by atoms with Gasteiger partial charge in [0, 0.05) is 19.3 Å². The van der Waals surface area contributed by atoms with Crippen LogP contribution in [-0.2, 0) is 14.2 Å². The van der Waals surface area contributed by atoms with Crippen molar-refractivity contribution in [2.75, 3.05) is 18.0 Å². The molecule has 2 rings (SSSR count). The number of hydrogen-bond acceptors (Lipinski definition) is 7. The number of aromatic nitrogens is 1. The molecule has 0 saturated carbocycles. The van der Waals surface area contributed by atoms with E-state index in [-0.39, 0.29) is 17.8 Å². The SMILES string of the molecule is CC(C)(C)OC(=O)N1CCC(c2ccnc(N(C(=O)OC(C)(C)C)C(=O)OC(C)(C)C)c2)CC1. The van der Waals surface area contributed by atoms with E-state index in [0.717, 1.165) is 23.3 Å². The fourth-order valence-electron chi connectivity index (χ4n) is 3.41. The second-order valence-electron chi connectivity index (χ2n) is 11.5. The molecule has 0 spiro atoms. The van der Waals surface area contributed by atoms with Crippen LogP contribution in [0.1, 0.15) is 86.6 Å². The van der Waals surface area contributed by atoms with E-state index >= 15 is 0 Å². The molecule has 9 heteroatoms. The number of amides is 3. The number of carbonyl (C=O) groups is 3. The third kappa shape index (κ3) is 8.50. The summed E-state index contributed by atoms with van der Waals surface area (Å²) in [5, 5.41) is 0. The second-order valence-corrected chi connectivity index (χ2v) is 11.5. The highest BCUT2D eigenvalue weighted by Gasteiger charge is 2.34. The summed E-state index contributed by atoms with van der Waals surface area (Å²) in [7, 11) is 0. The number of piperidine rings is 1. The Bertz CT molecular complexity index is 859. The summed E-state index contributed by atoms with van der Waals surface area (Å²) >= 11 is 0. The third-order valence-corrected chi connectivity index (χ3v) is 4.77. The summed E-state index contributed by atoms with van der Waals surface area (Å²) in [6, 6.07) is 3.57. The Morgan fingerprint density at radius 2 is 1.32 bits per heavy atom. The normalized spacial score (nSPS) is 15.5. The molecular weight excluding hydrogens is 438 g/mol. The van der Waals surface area contributed by atoms with E-state index in [1.54, 1.807) is 58.7 Å². The van der Waals surface area contributed by atoms with Crippen LogP contribution < -0.4 is 4.90 Å². The number of ether oxygens (including phenoxy) is 3. The average molecular weight is 478 g/mol. The lowest BCUT2D eigenvalue weighted by Gasteiger charge is -2.34. The van der Waals surface area contributed by atoms with E-state index in [4.69, 9.17) is 14.2 Å². The summed E-state index contributed by atoms with van der Waals surface area (Å²) in [5.74, 6) is 0.273. The summed E-state index contributed by atoms with van der Waals surface area (Å²) in [4.78, 5) is 45.0. The van der Waals surface area contributed by atoms with E-state index in [9.17, 15) is 14.4 Å². The van der Waals surface area contributed by atoms with Crippen molar-refractivity contribution in [2.45, 2.75) is 97.9 Å². The molecule has 1 aromatic rings. The second kappa shape index (κ2) is 10.2. The first-order valence-electron chi connectivity index (χ1n) is 11.7. The Balaban J connectivity index is 2.22. The molecule has 9 nitrogen and oxygen atoms in total. The Morgan fingerprint density at radius 3 is 1.76 bits per heavy atom. The van der Waals surface area contributed by atoms with Crippen LogP contribution >= 0.6 is 0 Å². The van der Waals surface area contributed by atoms with Crippen molar-refractivity contribution in [3.05, 3.63) is 23.9 Å². The minimum atomic E-state index is -0.855. The molecule has 3 amide bonds. The summed E-state index contributed by atoms with van der Waals surface area (Å²) in [5.41, 5.74) is -1.22. The van der Waals surface area contributed by atoms with E-state index in [1.807, 2.05) is 26.8 Å². The number of nitrogens with zero attached hydrogens (tertiary/aromatic N) is 3. The number of rotatable bonds is 2. The van der Waals surface area contributed by atoms with Crippen molar-refractivity contribution in [2.24, 2.45) is 0 Å². The first-order valence-corrected chi connectivity index (χ1v) is 11.7. The van der Waals surface area contributed by atoms with Gasteiger partial charge in [-0.2, -0.15) is 4.90 Å². The fourth-order valence-corrected chi connectivity index (χ4v) is 3.41. The van der Waals surface area contributed by atoms with Crippen molar-refractivity contribution >= 4 is 24.1 Å². The molecule has 0 atom stereocenters. The fraction of sp³-hybridized carbons (Fsp3) is 0.680. The molecule has 1 aromatic heterocycles. The summed E-state index contributed by atoms with van der Waals surface area (Å²) in [6.07, 6.45) is 0.982. The van der Waals surface area contributed by atoms with Crippen LogP contribution in [-0.4, -0.2) is 58.1 Å². The molecule has 0 radical (unpaired) electrons. The van der Waals surface area contributed by atoms with Gasteiger partial charge in [-0.1, -0.05) is 0 Å². The predicted octanol–water partition coefficient (Wildman–Crippen LogP) is 5.87. The van der Waals surface area contributed by atoms with Crippen molar-refractivity contribution in [1.82, 2.24) is 9.88 Å². The van der Waals surface area contributed by atoms with Crippen LogP contribution in [0.15, 0.2) is 18.3 Å². The molecule has 1 aliphatic heterocycles. The number of pyridine rings is 1. The lowest BCUT2D eigenvalue weighted by Crippen LogP contribution is -2.44. The minimum absolute atomic E-state index is 0.135. The van der Waals surface area contributed by atoms with Gasteiger partial charge in [-0.15, -0.1) is 0 Å². The van der Waals surface area contributed by atoms with Gasteiger partial charge in [0.25, 0.3) is 0 Å². The Hall–Kier alpha value is -2.84.